The first kappa shape index (κ1) is 26.4. The number of halogens is 2. The number of pyridine rings is 1. The molecule has 0 aliphatic carbocycles. The Bertz CT molecular complexity index is 1100. The topological polar surface area (TPSA) is 109 Å². The maximum atomic E-state index is 14.5. The summed E-state index contributed by atoms with van der Waals surface area (Å²) >= 11 is 0. The van der Waals surface area contributed by atoms with Crippen LogP contribution in [-0.4, -0.2) is 42.4 Å². The van der Waals surface area contributed by atoms with Crippen LogP contribution >= 0.6 is 0 Å². The number of benzene rings is 1. The van der Waals surface area contributed by atoms with E-state index in [0.29, 0.717) is 12.8 Å². The molecule has 0 fully saturated rings. The fourth-order valence-electron chi connectivity index (χ4n) is 3.22. The van der Waals surface area contributed by atoms with E-state index in [0.717, 1.165) is 6.07 Å². The molecular formula is C23H29F2N3O4S. The Kier molecular flexibility index (Phi) is 8.65. The maximum Gasteiger partial charge on any atom is 0.274 e. The van der Waals surface area contributed by atoms with Crippen LogP contribution in [0.2, 0.25) is 0 Å². The molecular weight excluding hydrogens is 452 g/mol. The van der Waals surface area contributed by atoms with Crippen LogP contribution in [0.15, 0.2) is 36.5 Å². The molecule has 0 aliphatic heterocycles. The van der Waals surface area contributed by atoms with Gasteiger partial charge in [0.05, 0.1) is 11.9 Å². The molecule has 1 heterocycles. The number of nitrogens with one attached hydrogen (secondary N) is 2. The highest BCUT2D eigenvalue weighted by molar-refractivity contribution is 7.93. The number of rotatable bonds is 11. The van der Waals surface area contributed by atoms with E-state index < -0.39 is 39.1 Å². The Morgan fingerprint density at radius 1 is 1.27 bits per heavy atom. The third-order valence-electron chi connectivity index (χ3n) is 5.45. The van der Waals surface area contributed by atoms with Gasteiger partial charge in [-0.15, -0.1) is 0 Å². The van der Waals surface area contributed by atoms with Crippen LogP contribution in [0.25, 0.3) is 0 Å². The lowest BCUT2D eigenvalue weighted by molar-refractivity contribution is 0.102. The number of anilines is 1. The molecule has 0 bridgehead atoms. The zero-order valence-corrected chi connectivity index (χ0v) is 19.9. The van der Waals surface area contributed by atoms with Crippen LogP contribution in [0.3, 0.4) is 0 Å². The van der Waals surface area contributed by atoms with Crippen molar-refractivity contribution in [3.8, 4) is 5.75 Å². The Morgan fingerprint density at radius 2 is 1.97 bits per heavy atom. The van der Waals surface area contributed by atoms with Crippen molar-refractivity contribution in [2.75, 3.05) is 17.9 Å². The normalized spacial score (nSPS) is 12.8. The molecule has 2 aromatic rings. The molecule has 0 saturated heterocycles. The molecule has 7 nitrogen and oxygen atoms in total. The van der Waals surface area contributed by atoms with Gasteiger partial charge < -0.3 is 15.5 Å². The first-order chi connectivity index (χ1) is 15.4. The molecule has 1 unspecified atom stereocenters. The minimum Gasteiger partial charge on any atom is -0.461 e. The van der Waals surface area contributed by atoms with Gasteiger partial charge in [0.1, 0.15) is 22.0 Å². The van der Waals surface area contributed by atoms with E-state index in [9.17, 15) is 22.0 Å². The minimum atomic E-state index is -3.76. The molecule has 180 valence electrons. The summed E-state index contributed by atoms with van der Waals surface area (Å²) in [4.78, 5) is 16.3. The number of alkyl halides is 1. The average Bonchev–Trinajstić information content (AvgIpc) is 2.75. The molecule has 10 heteroatoms. The summed E-state index contributed by atoms with van der Waals surface area (Å²) in [5.41, 5.74) is 0.561. The molecule has 33 heavy (non-hydrogen) atoms. The fourth-order valence-corrected chi connectivity index (χ4v) is 4.96. The van der Waals surface area contributed by atoms with Crippen LogP contribution in [0, 0.1) is 11.2 Å². The fraction of sp³-hybridized carbons (Fsp3) is 0.435. The van der Waals surface area contributed by atoms with Crippen molar-refractivity contribution in [1.29, 1.82) is 5.41 Å². The van der Waals surface area contributed by atoms with Crippen molar-refractivity contribution >= 4 is 27.1 Å². The van der Waals surface area contributed by atoms with Gasteiger partial charge >= 0.3 is 0 Å². The SMILES string of the molecule is CCCC(=N)C(C)(C)S(=O)(=O)CC(C)c1cc(NC(=O)c2ccc(OCF)cn2)ccc1F. The van der Waals surface area contributed by atoms with Crippen molar-refractivity contribution in [1.82, 2.24) is 4.98 Å². The first-order valence-corrected chi connectivity index (χ1v) is 12.1. The number of sulfone groups is 1. The summed E-state index contributed by atoms with van der Waals surface area (Å²) in [6, 6.07) is 6.65. The predicted molar refractivity (Wildman–Crippen MR) is 124 cm³/mol. The van der Waals surface area contributed by atoms with Crippen LogP contribution in [0.4, 0.5) is 14.5 Å². The molecule has 0 aliphatic rings. The number of nitrogens with zero attached hydrogens (tertiary/aromatic N) is 1. The molecule has 0 saturated carbocycles. The third kappa shape index (κ3) is 6.34. The number of aromatic nitrogens is 1. The summed E-state index contributed by atoms with van der Waals surface area (Å²) in [6.45, 7) is 5.44. The van der Waals surface area contributed by atoms with E-state index in [1.54, 1.807) is 6.92 Å². The van der Waals surface area contributed by atoms with Gasteiger partial charge in [0.15, 0.2) is 9.84 Å². The zero-order chi connectivity index (χ0) is 24.8. The van der Waals surface area contributed by atoms with Crippen molar-refractivity contribution in [2.45, 2.75) is 51.2 Å². The van der Waals surface area contributed by atoms with E-state index in [1.165, 1.54) is 44.3 Å². The smallest absolute Gasteiger partial charge is 0.274 e. The lowest BCUT2D eigenvalue weighted by Gasteiger charge is -2.27. The second-order valence-electron chi connectivity index (χ2n) is 8.24. The Morgan fingerprint density at radius 3 is 2.55 bits per heavy atom. The van der Waals surface area contributed by atoms with E-state index in [2.05, 4.69) is 15.0 Å². The molecule has 2 rings (SSSR count). The van der Waals surface area contributed by atoms with Crippen LogP contribution in [0.5, 0.6) is 5.75 Å². The minimum absolute atomic E-state index is 0.0406. The Labute approximate surface area is 193 Å². The monoisotopic (exact) mass is 481 g/mol. The van der Waals surface area contributed by atoms with Gasteiger partial charge in [-0.3, -0.25) is 4.79 Å². The zero-order valence-electron chi connectivity index (χ0n) is 19.1. The lowest BCUT2D eigenvalue weighted by Crippen LogP contribution is -2.42. The number of carbonyl (C=O) groups excluding carboxylic acids is 1. The van der Waals surface area contributed by atoms with Crippen LogP contribution in [-0.2, 0) is 9.84 Å². The molecule has 2 N–H and O–H groups in total. The van der Waals surface area contributed by atoms with Gasteiger partial charge in [0, 0.05) is 11.4 Å². The molecule has 1 amide bonds. The summed E-state index contributed by atoms with van der Waals surface area (Å²) in [5.74, 6) is -2.06. The lowest BCUT2D eigenvalue weighted by atomic mass is 10.0. The van der Waals surface area contributed by atoms with Gasteiger partial charge in [-0.1, -0.05) is 20.3 Å². The highest BCUT2D eigenvalue weighted by atomic mass is 32.2. The third-order valence-corrected chi connectivity index (χ3v) is 8.19. The first-order valence-electron chi connectivity index (χ1n) is 10.5. The van der Waals surface area contributed by atoms with Crippen molar-refractivity contribution < 1.29 is 26.7 Å². The van der Waals surface area contributed by atoms with Gasteiger partial charge in [0.25, 0.3) is 5.91 Å². The van der Waals surface area contributed by atoms with E-state index >= 15 is 0 Å². The van der Waals surface area contributed by atoms with Crippen LogP contribution < -0.4 is 10.1 Å². The highest BCUT2D eigenvalue weighted by Crippen LogP contribution is 2.29. The second kappa shape index (κ2) is 10.8. The number of amides is 1. The van der Waals surface area contributed by atoms with Gasteiger partial charge in [-0.05, 0) is 62.1 Å². The van der Waals surface area contributed by atoms with Crippen molar-refractivity contribution in [3.63, 3.8) is 0 Å². The number of hydrogen-bond acceptors (Lipinski definition) is 6. The maximum absolute atomic E-state index is 14.5. The predicted octanol–water partition coefficient (Wildman–Crippen LogP) is 4.90. The quantitative estimate of drug-likeness (QED) is 0.444. The number of hydrogen-bond donors (Lipinski definition) is 2. The summed E-state index contributed by atoms with van der Waals surface area (Å²) in [7, 11) is -3.76. The second-order valence-corrected chi connectivity index (χ2v) is 10.8. The Balaban J connectivity index is 2.20. The van der Waals surface area contributed by atoms with E-state index in [4.69, 9.17) is 5.41 Å². The van der Waals surface area contributed by atoms with Crippen LogP contribution in [0.1, 0.15) is 62.5 Å². The Hall–Kier alpha value is -2.88. The average molecular weight is 482 g/mol. The summed E-state index contributed by atoms with van der Waals surface area (Å²) in [5, 5.41) is 10.7. The molecule has 0 radical (unpaired) electrons. The molecule has 0 spiro atoms. The van der Waals surface area contributed by atoms with E-state index in [1.807, 2.05) is 6.92 Å². The van der Waals surface area contributed by atoms with Gasteiger partial charge in [-0.25, -0.2) is 22.2 Å². The van der Waals surface area contributed by atoms with Gasteiger partial charge in [-0.2, -0.15) is 0 Å². The number of carbonyl (C=O) groups is 1. The summed E-state index contributed by atoms with van der Waals surface area (Å²) < 4.78 is 56.0. The van der Waals surface area contributed by atoms with Crippen molar-refractivity contribution in [2.24, 2.45) is 0 Å². The molecule has 1 aromatic heterocycles. The van der Waals surface area contributed by atoms with Crippen molar-refractivity contribution in [3.05, 3.63) is 53.6 Å². The van der Waals surface area contributed by atoms with E-state index in [-0.39, 0.29) is 34.2 Å². The molecule has 1 aromatic carbocycles. The summed E-state index contributed by atoms with van der Waals surface area (Å²) in [6.07, 6.45) is 2.23. The largest absolute Gasteiger partial charge is 0.461 e. The number of ether oxygens (including phenoxy) is 1. The highest BCUT2D eigenvalue weighted by Gasteiger charge is 2.39. The van der Waals surface area contributed by atoms with Gasteiger partial charge in [0.2, 0.25) is 6.86 Å². The standard InChI is InChI=1S/C23H29F2N3O4S/c1-5-6-21(26)23(3,4)33(30,31)13-15(2)18-11-16(7-9-19(18)25)28-22(29)20-10-8-17(12-27-20)32-14-24/h7-12,15,26H,5-6,13-14H2,1-4H3,(H,28,29). The molecule has 1 atom stereocenters.